The maximum Gasteiger partial charge on any atom is 0.341 e. The van der Waals surface area contributed by atoms with Gasteiger partial charge in [0.15, 0.2) is 0 Å². The van der Waals surface area contributed by atoms with Crippen molar-refractivity contribution in [2.75, 3.05) is 7.11 Å². The van der Waals surface area contributed by atoms with E-state index >= 15 is 0 Å². The number of carboxylic acid groups (broad SMARTS) is 1. The van der Waals surface area contributed by atoms with Crippen LogP contribution < -0.4 is 0 Å². The van der Waals surface area contributed by atoms with Gasteiger partial charge in [0.2, 0.25) is 0 Å². The van der Waals surface area contributed by atoms with E-state index in [0.717, 1.165) is 6.07 Å². The molecule has 0 spiro atoms. The van der Waals surface area contributed by atoms with Gasteiger partial charge in [-0.1, -0.05) is 0 Å². The molecule has 0 unspecified atom stereocenters. The molecule has 1 aromatic carbocycles. The minimum Gasteiger partial charge on any atom is -0.507 e. The van der Waals surface area contributed by atoms with Gasteiger partial charge >= 0.3 is 11.9 Å². The molecular formula is C9H8O5. The van der Waals surface area contributed by atoms with Crippen LogP contribution in [0.3, 0.4) is 0 Å². The summed E-state index contributed by atoms with van der Waals surface area (Å²) in [6, 6.07) is 3.41. The van der Waals surface area contributed by atoms with E-state index in [1.165, 1.54) is 19.2 Å². The summed E-state index contributed by atoms with van der Waals surface area (Å²) in [6.07, 6.45) is 0. The number of methoxy groups -OCH3 is 1. The molecule has 2 N–H and O–H groups in total. The molecule has 0 aromatic heterocycles. The zero-order valence-electron chi connectivity index (χ0n) is 7.35. The average Bonchev–Trinajstić information content (AvgIpc) is 2.16. The maximum atomic E-state index is 11.0. The fourth-order valence-electron chi connectivity index (χ4n) is 0.947. The number of aromatic carboxylic acids is 1. The van der Waals surface area contributed by atoms with Crippen molar-refractivity contribution in [1.82, 2.24) is 0 Å². The fourth-order valence-corrected chi connectivity index (χ4v) is 0.947. The fraction of sp³-hybridized carbons (Fsp3) is 0.111. The smallest absolute Gasteiger partial charge is 0.341 e. The zero-order chi connectivity index (χ0) is 10.7. The first-order chi connectivity index (χ1) is 6.56. The Kier molecular flexibility index (Phi) is 2.71. The highest BCUT2D eigenvalue weighted by atomic mass is 16.5. The van der Waals surface area contributed by atoms with Gasteiger partial charge in [-0.15, -0.1) is 0 Å². The number of esters is 1. The maximum absolute atomic E-state index is 11.0. The first kappa shape index (κ1) is 10.0. The van der Waals surface area contributed by atoms with E-state index in [0.29, 0.717) is 0 Å². The number of hydrogen-bond acceptors (Lipinski definition) is 4. The topological polar surface area (TPSA) is 83.8 Å². The van der Waals surface area contributed by atoms with Crippen molar-refractivity contribution < 1.29 is 24.5 Å². The van der Waals surface area contributed by atoms with Crippen molar-refractivity contribution in [3.05, 3.63) is 29.3 Å². The highest BCUT2D eigenvalue weighted by Gasteiger charge is 2.13. The molecule has 0 aliphatic carbocycles. The molecule has 5 heteroatoms. The van der Waals surface area contributed by atoms with Gasteiger partial charge in [-0.25, -0.2) is 9.59 Å². The van der Waals surface area contributed by atoms with Crippen molar-refractivity contribution in [3.8, 4) is 5.75 Å². The van der Waals surface area contributed by atoms with Gasteiger partial charge in [0.05, 0.1) is 12.7 Å². The van der Waals surface area contributed by atoms with Gasteiger partial charge in [-0.2, -0.15) is 0 Å². The second-order valence-corrected chi connectivity index (χ2v) is 2.53. The number of carbonyl (C=O) groups is 2. The van der Waals surface area contributed by atoms with Crippen LogP contribution in [0.5, 0.6) is 5.75 Å². The molecule has 0 bridgehead atoms. The highest BCUT2D eigenvalue weighted by molar-refractivity contribution is 5.95. The summed E-state index contributed by atoms with van der Waals surface area (Å²) in [7, 11) is 1.17. The van der Waals surface area contributed by atoms with Crippen LogP contribution in [0.4, 0.5) is 0 Å². The lowest BCUT2D eigenvalue weighted by molar-refractivity contribution is 0.0595. The Morgan fingerprint density at radius 3 is 2.43 bits per heavy atom. The Hall–Kier alpha value is -2.04. The number of ether oxygens (including phenoxy) is 1. The Labute approximate surface area is 79.6 Å². The van der Waals surface area contributed by atoms with Crippen LogP contribution in [0, 0.1) is 0 Å². The molecule has 0 heterocycles. The van der Waals surface area contributed by atoms with Crippen molar-refractivity contribution in [2.45, 2.75) is 0 Å². The molecule has 0 saturated carbocycles. The molecule has 14 heavy (non-hydrogen) atoms. The second kappa shape index (κ2) is 3.78. The molecule has 0 atom stereocenters. The van der Waals surface area contributed by atoms with Crippen LogP contribution in [0.2, 0.25) is 0 Å². The Morgan fingerprint density at radius 1 is 1.36 bits per heavy atom. The molecule has 1 rings (SSSR count). The molecule has 74 valence electrons. The Balaban J connectivity index is 3.14. The SMILES string of the molecule is COC(=O)c1ccc(C(=O)O)cc1O. The van der Waals surface area contributed by atoms with E-state index in [-0.39, 0.29) is 11.1 Å². The summed E-state index contributed by atoms with van der Waals surface area (Å²) in [4.78, 5) is 21.5. The van der Waals surface area contributed by atoms with Crippen LogP contribution in [-0.4, -0.2) is 29.3 Å². The molecule has 1 aromatic rings. The van der Waals surface area contributed by atoms with E-state index in [9.17, 15) is 14.7 Å². The van der Waals surface area contributed by atoms with Crippen LogP contribution in [-0.2, 0) is 4.74 Å². The minimum atomic E-state index is -1.17. The van der Waals surface area contributed by atoms with E-state index in [2.05, 4.69) is 4.74 Å². The summed E-state index contributed by atoms with van der Waals surface area (Å²) in [5.41, 5.74) is -0.146. The van der Waals surface area contributed by atoms with Gasteiger partial charge in [-0.05, 0) is 18.2 Å². The van der Waals surface area contributed by atoms with E-state index < -0.39 is 17.7 Å². The predicted molar refractivity (Wildman–Crippen MR) is 46.4 cm³/mol. The van der Waals surface area contributed by atoms with Crippen LogP contribution in [0.1, 0.15) is 20.7 Å². The number of benzene rings is 1. The summed E-state index contributed by atoms with van der Waals surface area (Å²) < 4.78 is 4.37. The number of carboxylic acids is 1. The van der Waals surface area contributed by atoms with Gasteiger partial charge in [0.1, 0.15) is 11.3 Å². The zero-order valence-corrected chi connectivity index (χ0v) is 7.35. The number of hydrogen-bond donors (Lipinski definition) is 2. The molecule has 0 aliphatic rings. The Morgan fingerprint density at radius 2 is 2.00 bits per heavy atom. The lowest BCUT2D eigenvalue weighted by Crippen LogP contribution is -2.03. The third kappa shape index (κ3) is 1.82. The van der Waals surface area contributed by atoms with Crippen molar-refractivity contribution in [1.29, 1.82) is 0 Å². The third-order valence-electron chi connectivity index (χ3n) is 1.65. The first-order valence-corrected chi connectivity index (χ1v) is 3.71. The van der Waals surface area contributed by atoms with E-state index in [1.54, 1.807) is 0 Å². The number of rotatable bonds is 2. The number of carbonyl (C=O) groups excluding carboxylic acids is 1. The van der Waals surface area contributed by atoms with Gasteiger partial charge in [0, 0.05) is 0 Å². The molecule has 0 aliphatic heterocycles. The lowest BCUT2D eigenvalue weighted by Gasteiger charge is -2.02. The third-order valence-corrected chi connectivity index (χ3v) is 1.65. The molecule has 5 nitrogen and oxygen atoms in total. The molecular weight excluding hydrogens is 188 g/mol. The van der Waals surface area contributed by atoms with Crippen LogP contribution in [0.25, 0.3) is 0 Å². The first-order valence-electron chi connectivity index (χ1n) is 3.71. The van der Waals surface area contributed by atoms with E-state index in [4.69, 9.17) is 5.11 Å². The number of phenols is 1. The van der Waals surface area contributed by atoms with E-state index in [1.807, 2.05) is 0 Å². The number of aromatic hydroxyl groups is 1. The predicted octanol–water partition coefficient (Wildman–Crippen LogP) is 0.877. The summed E-state index contributed by atoms with van der Waals surface area (Å²) >= 11 is 0. The molecule has 0 amide bonds. The van der Waals surface area contributed by atoms with Crippen molar-refractivity contribution in [2.24, 2.45) is 0 Å². The normalized spacial score (nSPS) is 9.50. The van der Waals surface area contributed by atoms with Crippen molar-refractivity contribution in [3.63, 3.8) is 0 Å². The highest BCUT2D eigenvalue weighted by Crippen LogP contribution is 2.19. The number of phenolic OH excluding ortho intramolecular Hbond substituents is 1. The second-order valence-electron chi connectivity index (χ2n) is 2.53. The summed E-state index contributed by atoms with van der Waals surface area (Å²) in [5, 5.41) is 17.8. The largest absolute Gasteiger partial charge is 0.507 e. The minimum absolute atomic E-state index is 0.0579. The summed E-state index contributed by atoms with van der Waals surface area (Å²) in [6.45, 7) is 0. The quantitative estimate of drug-likeness (QED) is 0.686. The van der Waals surface area contributed by atoms with Crippen LogP contribution in [0.15, 0.2) is 18.2 Å². The van der Waals surface area contributed by atoms with Crippen LogP contribution >= 0.6 is 0 Å². The standard InChI is InChI=1S/C9H8O5/c1-14-9(13)6-3-2-5(8(11)12)4-7(6)10/h2-4,10H,1H3,(H,11,12). The summed E-state index contributed by atoms with van der Waals surface area (Å²) in [5.74, 6) is -2.28. The lowest BCUT2D eigenvalue weighted by atomic mass is 10.1. The molecule has 0 saturated heterocycles. The average molecular weight is 196 g/mol. The Bertz CT molecular complexity index is 383. The molecule has 0 radical (unpaired) electrons. The van der Waals surface area contributed by atoms with Gasteiger partial charge in [-0.3, -0.25) is 0 Å². The van der Waals surface area contributed by atoms with Gasteiger partial charge in [0.25, 0.3) is 0 Å². The van der Waals surface area contributed by atoms with Gasteiger partial charge < -0.3 is 14.9 Å². The monoisotopic (exact) mass is 196 g/mol. The van der Waals surface area contributed by atoms with Crippen molar-refractivity contribution >= 4 is 11.9 Å². The molecule has 0 fully saturated rings.